The first-order valence-electron chi connectivity index (χ1n) is 7.51. The molecule has 3 heteroatoms. The van der Waals surface area contributed by atoms with Crippen LogP contribution in [0.25, 0.3) is 22.3 Å². The van der Waals surface area contributed by atoms with Crippen molar-refractivity contribution in [3.05, 3.63) is 77.9 Å². The van der Waals surface area contributed by atoms with Crippen LogP contribution in [-0.2, 0) is 13.2 Å². The summed E-state index contributed by atoms with van der Waals surface area (Å²) in [5, 5.41) is 18.4. The minimum Gasteiger partial charge on any atom is -0.398 e. The molecule has 0 aliphatic rings. The van der Waals surface area contributed by atoms with Crippen LogP contribution in [-0.4, -0.2) is 10.2 Å². The lowest BCUT2D eigenvalue weighted by molar-refractivity contribution is 0.281. The highest BCUT2D eigenvalue weighted by atomic mass is 16.3. The normalized spacial score (nSPS) is 10.7. The van der Waals surface area contributed by atoms with Gasteiger partial charge < -0.3 is 15.9 Å². The summed E-state index contributed by atoms with van der Waals surface area (Å²) in [6.07, 6.45) is 0. The molecule has 0 saturated carbocycles. The van der Waals surface area contributed by atoms with Gasteiger partial charge >= 0.3 is 0 Å². The van der Waals surface area contributed by atoms with Gasteiger partial charge in [-0.05, 0) is 33.9 Å². The molecular formula is C20H19NO2. The number of hydrogen-bond acceptors (Lipinski definition) is 3. The van der Waals surface area contributed by atoms with Crippen molar-refractivity contribution in [1.82, 2.24) is 0 Å². The number of aliphatic hydroxyl groups is 2. The van der Waals surface area contributed by atoms with E-state index in [1.807, 2.05) is 66.7 Å². The van der Waals surface area contributed by atoms with Crippen LogP contribution in [0, 0.1) is 0 Å². The van der Waals surface area contributed by atoms with Crippen molar-refractivity contribution in [3.63, 3.8) is 0 Å². The molecular weight excluding hydrogens is 286 g/mol. The molecule has 0 atom stereocenters. The monoisotopic (exact) mass is 305 g/mol. The molecule has 3 rings (SSSR count). The van der Waals surface area contributed by atoms with E-state index in [9.17, 15) is 10.2 Å². The van der Waals surface area contributed by atoms with Crippen LogP contribution >= 0.6 is 0 Å². The third kappa shape index (κ3) is 3.11. The summed E-state index contributed by atoms with van der Waals surface area (Å²) in [7, 11) is 0. The number of hydrogen-bond donors (Lipinski definition) is 3. The number of rotatable bonds is 4. The van der Waals surface area contributed by atoms with Crippen molar-refractivity contribution < 1.29 is 10.2 Å². The molecule has 0 saturated heterocycles. The molecule has 4 N–H and O–H groups in total. The maximum absolute atomic E-state index is 9.19. The Morgan fingerprint density at radius 3 is 1.70 bits per heavy atom. The SMILES string of the molecule is Nc1cccc(-c2ccc(CO)cc2)c1-c1ccc(CO)cc1. The summed E-state index contributed by atoms with van der Waals surface area (Å²) in [6.45, 7) is 0.0622. The Hall–Kier alpha value is -2.62. The van der Waals surface area contributed by atoms with Crippen molar-refractivity contribution in [1.29, 1.82) is 0 Å². The molecule has 0 amide bonds. The summed E-state index contributed by atoms with van der Waals surface area (Å²) >= 11 is 0. The molecule has 0 bridgehead atoms. The average molecular weight is 305 g/mol. The standard InChI is InChI=1S/C20H19NO2/c21-19-3-1-2-18(16-8-4-14(12-22)5-9-16)20(19)17-10-6-15(13-23)7-11-17/h1-11,22-23H,12-13,21H2. The topological polar surface area (TPSA) is 66.5 Å². The zero-order chi connectivity index (χ0) is 16.2. The largest absolute Gasteiger partial charge is 0.398 e. The highest BCUT2D eigenvalue weighted by Crippen LogP contribution is 2.36. The van der Waals surface area contributed by atoms with Crippen LogP contribution in [0.3, 0.4) is 0 Å². The summed E-state index contributed by atoms with van der Waals surface area (Å²) in [5.74, 6) is 0. The lowest BCUT2D eigenvalue weighted by Gasteiger charge is -2.14. The molecule has 116 valence electrons. The Morgan fingerprint density at radius 2 is 1.17 bits per heavy atom. The van der Waals surface area contributed by atoms with E-state index in [1.165, 1.54) is 0 Å². The molecule has 0 heterocycles. The molecule has 3 nitrogen and oxygen atoms in total. The number of benzene rings is 3. The maximum Gasteiger partial charge on any atom is 0.0681 e. The highest BCUT2D eigenvalue weighted by Gasteiger charge is 2.11. The third-order valence-corrected chi connectivity index (χ3v) is 3.97. The van der Waals surface area contributed by atoms with Gasteiger partial charge in [0.15, 0.2) is 0 Å². The summed E-state index contributed by atoms with van der Waals surface area (Å²) in [6, 6.07) is 21.4. The zero-order valence-corrected chi connectivity index (χ0v) is 12.7. The third-order valence-electron chi connectivity index (χ3n) is 3.97. The fraction of sp³-hybridized carbons (Fsp3) is 0.100. The fourth-order valence-corrected chi connectivity index (χ4v) is 2.70. The minimum absolute atomic E-state index is 0.0278. The van der Waals surface area contributed by atoms with Gasteiger partial charge in [-0.15, -0.1) is 0 Å². The molecule has 0 radical (unpaired) electrons. The molecule has 0 spiro atoms. The van der Waals surface area contributed by atoms with Crippen LogP contribution in [0.4, 0.5) is 5.69 Å². The number of aliphatic hydroxyl groups excluding tert-OH is 2. The zero-order valence-electron chi connectivity index (χ0n) is 12.7. The van der Waals surface area contributed by atoms with Gasteiger partial charge in [-0.1, -0.05) is 60.7 Å². The van der Waals surface area contributed by atoms with Gasteiger partial charge in [0.25, 0.3) is 0 Å². The molecule has 0 aromatic heterocycles. The van der Waals surface area contributed by atoms with E-state index in [4.69, 9.17) is 5.73 Å². The van der Waals surface area contributed by atoms with Gasteiger partial charge in [0, 0.05) is 11.3 Å². The average Bonchev–Trinajstić information content (AvgIpc) is 2.62. The quantitative estimate of drug-likeness (QED) is 0.645. The lowest BCUT2D eigenvalue weighted by atomic mass is 9.92. The molecule has 0 unspecified atom stereocenters. The van der Waals surface area contributed by atoms with Crippen molar-refractivity contribution in [2.24, 2.45) is 0 Å². The Morgan fingerprint density at radius 1 is 0.652 bits per heavy atom. The second-order valence-electron chi connectivity index (χ2n) is 5.48. The first-order chi connectivity index (χ1) is 11.2. The first kappa shape index (κ1) is 15.3. The van der Waals surface area contributed by atoms with E-state index < -0.39 is 0 Å². The Bertz CT molecular complexity index is 793. The van der Waals surface area contributed by atoms with Crippen molar-refractivity contribution >= 4 is 5.69 Å². The van der Waals surface area contributed by atoms with E-state index in [1.54, 1.807) is 0 Å². The smallest absolute Gasteiger partial charge is 0.0681 e. The van der Waals surface area contributed by atoms with E-state index in [-0.39, 0.29) is 13.2 Å². The fourth-order valence-electron chi connectivity index (χ4n) is 2.70. The van der Waals surface area contributed by atoms with Gasteiger partial charge in [-0.2, -0.15) is 0 Å². The van der Waals surface area contributed by atoms with E-state index in [0.29, 0.717) is 5.69 Å². The minimum atomic E-state index is 0.0278. The number of anilines is 1. The van der Waals surface area contributed by atoms with Crippen LogP contribution in [0.1, 0.15) is 11.1 Å². The van der Waals surface area contributed by atoms with Crippen LogP contribution in [0.2, 0.25) is 0 Å². The number of nitrogens with two attached hydrogens (primary N) is 1. The first-order valence-corrected chi connectivity index (χ1v) is 7.51. The molecule has 0 aliphatic carbocycles. The Labute approximate surface area is 135 Å². The van der Waals surface area contributed by atoms with Crippen molar-refractivity contribution in [2.45, 2.75) is 13.2 Å². The highest BCUT2D eigenvalue weighted by molar-refractivity contribution is 5.91. The summed E-state index contributed by atoms with van der Waals surface area (Å²) in [4.78, 5) is 0. The van der Waals surface area contributed by atoms with Gasteiger partial charge in [0.05, 0.1) is 13.2 Å². The van der Waals surface area contributed by atoms with Gasteiger partial charge in [-0.3, -0.25) is 0 Å². The summed E-state index contributed by atoms with van der Waals surface area (Å²) in [5.41, 5.74) is 12.8. The van der Waals surface area contributed by atoms with E-state index in [0.717, 1.165) is 33.4 Å². The van der Waals surface area contributed by atoms with E-state index in [2.05, 4.69) is 0 Å². The maximum atomic E-state index is 9.19. The van der Waals surface area contributed by atoms with Gasteiger partial charge in [0.2, 0.25) is 0 Å². The molecule has 23 heavy (non-hydrogen) atoms. The number of nitrogen functional groups attached to an aromatic ring is 1. The second-order valence-corrected chi connectivity index (χ2v) is 5.48. The van der Waals surface area contributed by atoms with Crippen molar-refractivity contribution in [3.8, 4) is 22.3 Å². The van der Waals surface area contributed by atoms with Gasteiger partial charge in [-0.25, -0.2) is 0 Å². The van der Waals surface area contributed by atoms with E-state index >= 15 is 0 Å². The Balaban J connectivity index is 2.11. The summed E-state index contributed by atoms with van der Waals surface area (Å²) < 4.78 is 0. The predicted octanol–water partition coefficient (Wildman–Crippen LogP) is 3.59. The van der Waals surface area contributed by atoms with Crippen LogP contribution in [0.5, 0.6) is 0 Å². The van der Waals surface area contributed by atoms with Gasteiger partial charge in [0.1, 0.15) is 0 Å². The van der Waals surface area contributed by atoms with Crippen LogP contribution in [0.15, 0.2) is 66.7 Å². The molecule has 0 aliphatic heterocycles. The Kier molecular flexibility index (Phi) is 4.42. The molecule has 0 fully saturated rings. The molecule has 3 aromatic carbocycles. The predicted molar refractivity (Wildman–Crippen MR) is 93.6 cm³/mol. The second kappa shape index (κ2) is 6.65. The van der Waals surface area contributed by atoms with Crippen molar-refractivity contribution in [2.75, 3.05) is 5.73 Å². The molecule has 3 aromatic rings. The lowest BCUT2D eigenvalue weighted by Crippen LogP contribution is -1.94. The van der Waals surface area contributed by atoms with Crippen LogP contribution < -0.4 is 5.73 Å².